The molecule has 0 radical (unpaired) electrons. The van der Waals surface area contributed by atoms with Gasteiger partial charge in [-0.3, -0.25) is 9.52 Å². The Morgan fingerprint density at radius 2 is 1.80 bits per heavy atom. The molecule has 30 heavy (non-hydrogen) atoms. The minimum absolute atomic E-state index is 0.0836. The quantitative estimate of drug-likeness (QED) is 0.438. The maximum Gasteiger partial charge on any atom is 0.263 e. The molecule has 1 heterocycles. The van der Waals surface area contributed by atoms with Crippen molar-refractivity contribution < 1.29 is 17.9 Å². The second-order valence-corrected chi connectivity index (χ2v) is 9.08. The lowest BCUT2D eigenvalue weighted by molar-refractivity contribution is 0.102. The van der Waals surface area contributed by atoms with Crippen LogP contribution in [0.4, 0.5) is 10.8 Å². The summed E-state index contributed by atoms with van der Waals surface area (Å²) in [5.41, 5.74) is 0.978. The van der Waals surface area contributed by atoms with Crippen molar-refractivity contribution in [3.05, 3.63) is 65.7 Å². The highest BCUT2D eigenvalue weighted by Crippen LogP contribution is 2.20. The molecule has 0 spiro atoms. The van der Waals surface area contributed by atoms with Crippen molar-refractivity contribution in [1.82, 2.24) is 4.98 Å². The average Bonchev–Trinajstić information content (AvgIpc) is 3.24. The SMILES string of the molecule is CCCCCOc1ccc(C(=O)Nc2ccc(S(=O)(=O)Nc3nccs3)cc2)cc1. The van der Waals surface area contributed by atoms with Crippen molar-refractivity contribution in [1.29, 1.82) is 0 Å². The number of aromatic nitrogens is 1. The fourth-order valence-corrected chi connectivity index (χ4v) is 4.40. The van der Waals surface area contributed by atoms with Crippen LogP contribution in [0.2, 0.25) is 0 Å². The van der Waals surface area contributed by atoms with Gasteiger partial charge in [-0.15, -0.1) is 11.3 Å². The zero-order valence-corrected chi connectivity index (χ0v) is 18.1. The molecular weight excluding hydrogens is 422 g/mol. The summed E-state index contributed by atoms with van der Waals surface area (Å²) >= 11 is 1.19. The number of rotatable bonds is 10. The summed E-state index contributed by atoms with van der Waals surface area (Å²) < 4.78 is 32.8. The summed E-state index contributed by atoms with van der Waals surface area (Å²) in [6.45, 7) is 2.80. The minimum atomic E-state index is -3.73. The molecule has 0 unspecified atom stereocenters. The first-order valence-corrected chi connectivity index (χ1v) is 11.9. The van der Waals surface area contributed by atoms with Crippen LogP contribution in [-0.2, 0) is 10.0 Å². The summed E-state index contributed by atoms with van der Waals surface area (Å²) in [6, 6.07) is 12.9. The molecular formula is C21H23N3O4S2. The highest BCUT2D eigenvalue weighted by molar-refractivity contribution is 7.93. The number of carbonyl (C=O) groups excluding carboxylic acids is 1. The molecule has 0 atom stereocenters. The Hall–Kier alpha value is -2.91. The van der Waals surface area contributed by atoms with E-state index < -0.39 is 10.0 Å². The smallest absolute Gasteiger partial charge is 0.263 e. The molecule has 0 aliphatic rings. The van der Waals surface area contributed by atoms with Crippen molar-refractivity contribution in [2.24, 2.45) is 0 Å². The van der Waals surface area contributed by atoms with Gasteiger partial charge >= 0.3 is 0 Å². The van der Waals surface area contributed by atoms with Crippen LogP contribution in [0.1, 0.15) is 36.5 Å². The number of nitrogens with zero attached hydrogens (tertiary/aromatic N) is 1. The first kappa shape index (κ1) is 21.8. The second kappa shape index (κ2) is 10.2. The number of sulfonamides is 1. The molecule has 0 saturated heterocycles. The van der Waals surface area contributed by atoms with Gasteiger partial charge in [-0.1, -0.05) is 19.8 Å². The summed E-state index contributed by atoms with van der Waals surface area (Å²) in [5, 5.41) is 4.74. The highest BCUT2D eigenvalue weighted by Gasteiger charge is 2.15. The van der Waals surface area contributed by atoms with E-state index in [9.17, 15) is 13.2 Å². The van der Waals surface area contributed by atoms with E-state index in [0.717, 1.165) is 25.0 Å². The van der Waals surface area contributed by atoms with Crippen LogP contribution in [0.15, 0.2) is 65.0 Å². The van der Waals surface area contributed by atoms with E-state index in [-0.39, 0.29) is 10.8 Å². The first-order valence-electron chi connectivity index (χ1n) is 9.54. The van der Waals surface area contributed by atoms with Crippen LogP contribution in [0.5, 0.6) is 5.75 Å². The van der Waals surface area contributed by atoms with Crippen molar-refractivity contribution in [2.45, 2.75) is 31.1 Å². The molecule has 2 N–H and O–H groups in total. The average molecular weight is 446 g/mol. The second-order valence-electron chi connectivity index (χ2n) is 6.50. The number of hydrogen-bond acceptors (Lipinski definition) is 6. The van der Waals surface area contributed by atoms with Crippen molar-refractivity contribution in [2.75, 3.05) is 16.6 Å². The van der Waals surface area contributed by atoms with Gasteiger partial charge in [0.2, 0.25) is 0 Å². The maximum atomic E-state index is 12.4. The lowest BCUT2D eigenvalue weighted by Crippen LogP contribution is -2.14. The van der Waals surface area contributed by atoms with E-state index in [1.807, 2.05) is 0 Å². The molecule has 1 aromatic heterocycles. The Morgan fingerprint density at radius 3 is 2.43 bits per heavy atom. The van der Waals surface area contributed by atoms with Gasteiger partial charge < -0.3 is 10.1 Å². The lowest BCUT2D eigenvalue weighted by Gasteiger charge is -2.09. The Balaban J connectivity index is 1.57. The van der Waals surface area contributed by atoms with Crippen LogP contribution < -0.4 is 14.8 Å². The molecule has 158 valence electrons. The summed E-state index contributed by atoms with van der Waals surface area (Å²) in [7, 11) is -3.73. The Kier molecular flexibility index (Phi) is 7.42. The van der Waals surface area contributed by atoms with Gasteiger partial charge in [-0.25, -0.2) is 13.4 Å². The molecule has 0 saturated carbocycles. The normalized spacial score (nSPS) is 11.1. The van der Waals surface area contributed by atoms with Gasteiger partial charge in [0, 0.05) is 22.8 Å². The zero-order chi connectivity index (χ0) is 21.4. The third-order valence-electron chi connectivity index (χ3n) is 4.21. The number of carbonyl (C=O) groups is 1. The molecule has 2 aromatic carbocycles. The van der Waals surface area contributed by atoms with E-state index in [4.69, 9.17) is 4.74 Å². The molecule has 0 aliphatic carbocycles. The van der Waals surface area contributed by atoms with Crippen LogP contribution in [-0.4, -0.2) is 25.9 Å². The number of amides is 1. The fraction of sp³-hybridized carbons (Fsp3) is 0.238. The lowest BCUT2D eigenvalue weighted by atomic mass is 10.2. The van der Waals surface area contributed by atoms with E-state index in [2.05, 4.69) is 21.9 Å². The molecule has 7 nitrogen and oxygen atoms in total. The van der Waals surface area contributed by atoms with Gasteiger partial charge in [0.1, 0.15) is 5.75 Å². The predicted molar refractivity (Wildman–Crippen MR) is 119 cm³/mol. The minimum Gasteiger partial charge on any atom is -0.494 e. The van der Waals surface area contributed by atoms with Crippen molar-refractivity contribution in [3.63, 3.8) is 0 Å². The Morgan fingerprint density at radius 1 is 1.07 bits per heavy atom. The number of unbranched alkanes of at least 4 members (excludes halogenated alkanes) is 2. The van der Waals surface area contributed by atoms with Gasteiger partial charge in [-0.2, -0.15) is 0 Å². The van der Waals surface area contributed by atoms with E-state index in [1.54, 1.807) is 41.8 Å². The number of anilines is 2. The first-order chi connectivity index (χ1) is 14.5. The summed E-state index contributed by atoms with van der Waals surface area (Å²) in [4.78, 5) is 16.4. The third kappa shape index (κ3) is 6.04. The number of thiazole rings is 1. The van der Waals surface area contributed by atoms with E-state index >= 15 is 0 Å². The number of ether oxygens (including phenoxy) is 1. The number of hydrogen-bond donors (Lipinski definition) is 2. The largest absolute Gasteiger partial charge is 0.494 e. The van der Waals surface area contributed by atoms with Crippen LogP contribution in [0.25, 0.3) is 0 Å². The Bertz CT molecular complexity index is 1050. The predicted octanol–water partition coefficient (Wildman–Crippen LogP) is 4.77. The zero-order valence-electron chi connectivity index (χ0n) is 16.5. The third-order valence-corrected chi connectivity index (χ3v) is 6.38. The van der Waals surface area contributed by atoms with E-state index in [1.165, 1.54) is 29.7 Å². The topological polar surface area (TPSA) is 97.4 Å². The molecule has 3 aromatic rings. The fourth-order valence-electron chi connectivity index (χ4n) is 2.61. The Labute approximate surface area is 180 Å². The van der Waals surface area contributed by atoms with Gasteiger partial charge in [-0.05, 0) is 55.0 Å². The highest BCUT2D eigenvalue weighted by atomic mass is 32.2. The number of nitrogens with one attached hydrogen (secondary N) is 2. The standard InChI is InChI=1S/C21H23N3O4S2/c1-2-3-4-14-28-18-9-5-16(6-10-18)20(25)23-17-7-11-19(12-8-17)30(26,27)24-21-22-13-15-29-21/h5-13,15H,2-4,14H2,1H3,(H,22,24)(H,23,25). The monoisotopic (exact) mass is 445 g/mol. The summed E-state index contributed by atoms with van der Waals surface area (Å²) in [6.07, 6.45) is 4.79. The van der Waals surface area contributed by atoms with Gasteiger partial charge in [0.15, 0.2) is 5.13 Å². The van der Waals surface area contributed by atoms with Crippen LogP contribution in [0, 0.1) is 0 Å². The number of benzene rings is 2. The maximum absolute atomic E-state index is 12.4. The van der Waals surface area contributed by atoms with Gasteiger partial charge in [0.05, 0.1) is 11.5 Å². The molecule has 0 fully saturated rings. The van der Waals surface area contributed by atoms with Crippen molar-refractivity contribution >= 4 is 38.1 Å². The van der Waals surface area contributed by atoms with Crippen molar-refractivity contribution in [3.8, 4) is 5.75 Å². The molecule has 1 amide bonds. The molecule has 0 bridgehead atoms. The molecule has 0 aliphatic heterocycles. The molecule has 3 rings (SSSR count). The summed E-state index contributed by atoms with van der Waals surface area (Å²) in [5.74, 6) is 0.439. The van der Waals surface area contributed by atoms with Crippen LogP contribution in [0.3, 0.4) is 0 Å². The van der Waals surface area contributed by atoms with E-state index in [0.29, 0.717) is 23.0 Å². The van der Waals surface area contributed by atoms with Crippen LogP contribution >= 0.6 is 11.3 Å². The molecule has 9 heteroatoms. The van der Waals surface area contributed by atoms with Gasteiger partial charge in [0.25, 0.3) is 15.9 Å².